The van der Waals surface area contributed by atoms with E-state index >= 15 is 0 Å². The zero-order chi connectivity index (χ0) is 16.6. The van der Waals surface area contributed by atoms with Gasteiger partial charge in [-0.2, -0.15) is 0 Å². The van der Waals surface area contributed by atoms with Gasteiger partial charge in [-0.1, -0.05) is 115 Å². The van der Waals surface area contributed by atoms with Crippen LogP contribution >= 0.6 is 35.7 Å². The van der Waals surface area contributed by atoms with E-state index in [1.54, 1.807) is 11.8 Å². The summed E-state index contributed by atoms with van der Waals surface area (Å²) in [7, 11) is 0. The third-order valence-electron chi connectivity index (χ3n) is 3.54. The summed E-state index contributed by atoms with van der Waals surface area (Å²) in [6, 6.07) is 31.5. The summed E-state index contributed by atoms with van der Waals surface area (Å²) in [5, 5.41) is 0. The van der Waals surface area contributed by atoms with Crippen molar-refractivity contribution in [2.24, 2.45) is 0 Å². The second kappa shape index (κ2) is 9.07. The van der Waals surface area contributed by atoms with Gasteiger partial charge < -0.3 is 0 Å². The fourth-order valence-electron chi connectivity index (χ4n) is 2.29. The Labute approximate surface area is 157 Å². The third-order valence-corrected chi connectivity index (χ3v) is 6.77. The van der Waals surface area contributed by atoms with Crippen molar-refractivity contribution in [3.05, 3.63) is 108 Å². The molecule has 0 aliphatic carbocycles. The molecule has 1 atom stereocenters. The van der Waals surface area contributed by atoms with Crippen LogP contribution < -0.4 is 0 Å². The van der Waals surface area contributed by atoms with E-state index in [0.29, 0.717) is 4.58 Å². The van der Waals surface area contributed by atoms with E-state index in [-0.39, 0.29) is 0 Å². The van der Waals surface area contributed by atoms with Crippen molar-refractivity contribution in [2.45, 2.75) is 10.3 Å². The van der Waals surface area contributed by atoms with E-state index < -0.39 is 0 Å². The van der Waals surface area contributed by atoms with Crippen LogP contribution in [0, 0.1) is 0 Å². The van der Waals surface area contributed by atoms with E-state index in [1.807, 2.05) is 30.0 Å². The van der Waals surface area contributed by atoms with Gasteiger partial charge in [-0.05, 0) is 16.7 Å². The number of rotatable bonds is 6. The second-order valence-corrected chi connectivity index (χ2v) is 8.48. The number of hydrogen-bond acceptors (Lipinski definition) is 3. The average molecular weight is 367 g/mol. The molecule has 0 aromatic heterocycles. The first-order valence-corrected chi connectivity index (χ1v) is 10.1. The molecule has 1 unspecified atom stereocenters. The Balaban J connectivity index is 1.74. The van der Waals surface area contributed by atoms with Gasteiger partial charge in [0.2, 0.25) is 0 Å². The molecule has 24 heavy (non-hydrogen) atoms. The smallest absolute Gasteiger partial charge is 0.0810 e. The molecular formula is C21H18S3. The normalized spacial score (nSPS) is 11.8. The molecule has 0 saturated carbocycles. The van der Waals surface area contributed by atoms with Crippen LogP contribution in [0.15, 0.2) is 91.0 Å². The fourth-order valence-corrected chi connectivity index (χ4v) is 5.31. The lowest BCUT2D eigenvalue weighted by molar-refractivity contribution is 1.35. The quantitative estimate of drug-likeness (QED) is 0.351. The molecule has 0 aliphatic rings. The van der Waals surface area contributed by atoms with Crippen molar-refractivity contribution in [2.75, 3.05) is 0 Å². The molecule has 0 heterocycles. The molecule has 0 nitrogen and oxygen atoms in total. The Bertz CT molecular complexity index is 755. The van der Waals surface area contributed by atoms with Crippen LogP contribution in [0.5, 0.6) is 0 Å². The maximum Gasteiger partial charge on any atom is 0.0810 e. The Morgan fingerprint density at radius 1 is 0.750 bits per heavy atom. The molecule has 0 fully saturated rings. The first-order valence-electron chi connectivity index (χ1n) is 7.79. The van der Waals surface area contributed by atoms with Gasteiger partial charge in [0.05, 0.1) is 8.78 Å². The lowest BCUT2D eigenvalue weighted by Gasteiger charge is -2.17. The predicted molar refractivity (Wildman–Crippen MR) is 113 cm³/mol. The molecule has 3 rings (SSSR count). The highest BCUT2D eigenvalue weighted by atomic mass is 32.2. The molecule has 0 aliphatic heterocycles. The van der Waals surface area contributed by atoms with E-state index in [2.05, 4.69) is 72.8 Å². The van der Waals surface area contributed by atoms with Crippen molar-refractivity contribution in [3.63, 3.8) is 0 Å². The van der Waals surface area contributed by atoms with Crippen LogP contribution in [0.2, 0.25) is 0 Å². The van der Waals surface area contributed by atoms with Crippen LogP contribution in [-0.2, 0) is 5.75 Å². The number of benzene rings is 3. The van der Waals surface area contributed by atoms with Gasteiger partial charge in [0.15, 0.2) is 0 Å². The first kappa shape index (κ1) is 17.3. The molecule has 3 aromatic carbocycles. The van der Waals surface area contributed by atoms with Crippen LogP contribution in [-0.4, -0.2) is 4.20 Å². The van der Waals surface area contributed by atoms with Crippen LogP contribution in [0.1, 0.15) is 21.3 Å². The van der Waals surface area contributed by atoms with Crippen molar-refractivity contribution in [1.82, 2.24) is 0 Å². The van der Waals surface area contributed by atoms with Gasteiger partial charge in [-0.25, -0.2) is 0 Å². The number of thioether (sulfide) groups is 2. The van der Waals surface area contributed by atoms with Gasteiger partial charge in [0.25, 0.3) is 0 Å². The third kappa shape index (κ3) is 4.97. The van der Waals surface area contributed by atoms with Crippen molar-refractivity contribution in [1.29, 1.82) is 0 Å². The Morgan fingerprint density at radius 2 is 1.29 bits per heavy atom. The molecule has 0 amide bonds. The Hall–Kier alpha value is -1.55. The van der Waals surface area contributed by atoms with Gasteiger partial charge in [-0.15, -0.1) is 11.8 Å². The molecule has 3 heteroatoms. The van der Waals surface area contributed by atoms with E-state index in [4.69, 9.17) is 12.2 Å². The molecule has 0 spiro atoms. The van der Waals surface area contributed by atoms with E-state index in [9.17, 15) is 0 Å². The summed E-state index contributed by atoms with van der Waals surface area (Å²) in [6.07, 6.45) is 0. The van der Waals surface area contributed by atoms with Gasteiger partial charge >= 0.3 is 0 Å². The molecule has 120 valence electrons. The summed E-state index contributed by atoms with van der Waals surface area (Å²) in [4.78, 5) is 0. The number of hydrogen-bond donors (Lipinski definition) is 0. The van der Waals surface area contributed by atoms with E-state index in [0.717, 1.165) is 15.5 Å². The molecule has 0 saturated heterocycles. The predicted octanol–water partition coefficient (Wildman–Crippen LogP) is 6.73. The maximum absolute atomic E-state index is 5.68. The Morgan fingerprint density at radius 3 is 1.92 bits per heavy atom. The monoisotopic (exact) mass is 366 g/mol. The standard InChI is InChI=1S/C21H18S3/c22-20(18-12-6-2-7-13-18)24-21(19-14-8-3-9-15-19)23-16-17-10-4-1-5-11-17/h1-15,21H,16H2. The Kier molecular flexibility index (Phi) is 6.53. The summed E-state index contributed by atoms with van der Waals surface area (Å²) in [5.41, 5.74) is 3.77. The zero-order valence-electron chi connectivity index (χ0n) is 13.2. The minimum absolute atomic E-state index is 0.291. The van der Waals surface area contributed by atoms with E-state index in [1.165, 1.54) is 11.1 Å². The molecular weight excluding hydrogens is 348 g/mol. The fraction of sp³-hybridized carbons (Fsp3) is 0.0952. The summed E-state index contributed by atoms with van der Waals surface area (Å²) in [5.74, 6) is 0.977. The highest BCUT2D eigenvalue weighted by Gasteiger charge is 2.16. The first-order chi connectivity index (χ1) is 11.8. The summed E-state index contributed by atoms with van der Waals surface area (Å²) in [6.45, 7) is 0. The second-order valence-electron chi connectivity index (χ2n) is 5.31. The van der Waals surface area contributed by atoms with Crippen LogP contribution in [0.4, 0.5) is 0 Å². The molecule has 0 N–H and O–H groups in total. The molecule has 0 bridgehead atoms. The van der Waals surface area contributed by atoms with Crippen molar-refractivity contribution < 1.29 is 0 Å². The topological polar surface area (TPSA) is 0 Å². The van der Waals surface area contributed by atoms with Crippen molar-refractivity contribution in [3.8, 4) is 0 Å². The highest BCUT2D eigenvalue weighted by Crippen LogP contribution is 2.42. The maximum atomic E-state index is 5.68. The molecule has 0 radical (unpaired) electrons. The van der Waals surface area contributed by atoms with Crippen LogP contribution in [0.3, 0.4) is 0 Å². The largest absolute Gasteiger partial charge is 0.138 e. The number of thiocarbonyl (C=S) groups is 1. The summed E-state index contributed by atoms with van der Waals surface area (Å²) >= 11 is 9.37. The lowest BCUT2D eigenvalue weighted by atomic mass is 10.2. The lowest BCUT2D eigenvalue weighted by Crippen LogP contribution is -1.97. The van der Waals surface area contributed by atoms with Crippen LogP contribution in [0.25, 0.3) is 0 Å². The van der Waals surface area contributed by atoms with Gasteiger partial charge in [0, 0.05) is 5.75 Å². The average Bonchev–Trinajstić information content (AvgIpc) is 2.67. The molecule has 3 aromatic rings. The highest BCUT2D eigenvalue weighted by molar-refractivity contribution is 8.30. The SMILES string of the molecule is S=C(SC(SCc1ccccc1)c1ccccc1)c1ccccc1. The van der Waals surface area contributed by atoms with Gasteiger partial charge in [-0.3, -0.25) is 0 Å². The minimum Gasteiger partial charge on any atom is -0.138 e. The zero-order valence-corrected chi connectivity index (χ0v) is 15.6. The van der Waals surface area contributed by atoms with Crippen molar-refractivity contribution >= 4 is 39.9 Å². The summed E-state index contributed by atoms with van der Waals surface area (Å²) < 4.78 is 1.24. The minimum atomic E-state index is 0.291. The van der Waals surface area contributed by atoms with Gasteiger partial charge in [0.1, 0.15) is 0 Å².